The lowest BCUT2D eigenvalue weighted by atomic mass is 10.0. The molecule has 3 aromatic rings. The molecule has 0 aliphatic rings. The van der Waals surface area contributed by atoms with Crippen LogP contribution < -0.4 is 10.1 Å². The number of carbonyl (C=O) groups is 1. The molecular formula is C21H21N3O2S. The summed E-state index contributed by atoms with van der Waals surface area (Å²) in [5, 5.41) is 12.1. The van der Waals surface area contributed by atoms with Gasteiger partial charge < -0.3 is 10.1 Å². The lowest BCUT2D eigenvalue weighted by Crippen LogP contribution is -2.14. The predicted octanol–water partition coefficient (Wildman–Crippen LogP) is 4.50. The van der Waals surface area contributed by atoms with E-state index in [1.807, 2.05) is 12.1 Å². The van der Waals surface area contributed by atoms with Crippen molar-refractivity contribution < 1.29 is 9.53 Å². The van der Waals surface area contributed by atoms with Crippen LogP contribution in [0.1, 0.15) is 11.1 Å². The van der Waals surface area contributed by atoms with Gasteiger partial charge in [-0.1, -0.05) is 29.5 Å². The number of methoxy groups -OCH3 is 1. The number of nitrogens with one attached hydrogen (secondary N) is 1. The third-order valence-electron chi connectivity index (χ3n) is 4.03. The maximum Gasteiger partial charge on any atom is 0.234 e. The molecule has 0 fully saturated rings. The number of ether oxygens (including phenoxy) is 1. The van der Waals surface area contributed by atoms with Crippen LogP contribution in [-0.4, -0.2) is 29.0 Å². The minimum atomic E-state index is -0.0921. The fraction of sp³-hybridized carbons (Fsp3) is 0.190. The largest absolute Gasteiger partial charge is 0.497 e. The molecule has 1 amide bonds. The fourth-order valence-electron chi connectivity index (χ4n) is 2.56. The molecule has 138 valence electrons. The number of rotatable bonds is 6. The first kappa shape index (κ1) is 18.9. The second kappa shape index (κ2) is 8.68. The number of carbonyl (C=O) groups excluding carboxylic acids is 1. The Labute approximate surface area is 163 Å². The molecule has 1 N–H and O–H groups in total. The molecule has 27 heavy (non-hydrogen) atoms. The quantitative estimate of drug-likeness (QED) is 0.639. The smallest absolute Gasteiger partial charge is 0.234 e. The first-order valence-corrected chi connectivity index (χ1v) is 9.52. The third kappa shape index (κ3) is 5.08. The van der Waals surface area contributed by atoms with E-state index in [1.165, 1.54) is 17.3 Å². The molecule has 0 aliphatic heterocycles. The molecule has 0 unspecified atom stereocenters. The van der Waals surface area contributed by atoms with Crippen LogP contribution in [0.5, 0.6) is 5.75 Å². The van der Waals surface area contributed by atoms with Crippen molar-refractivity contribution in [3.63, 3.8) is 0 Å². The summed E-state index contributed by atoms with van der Waals surface area (Å²) in [5.41, 5.74) is 5.00. The maximum atomic E-state index is 12.1. The van der Waals surface area contributed by atoms with Crippen LogP contribution in [0.15, 0.2) is 59.6 Å². The van der Waals surface area contributed by atoms with E-state index in [2.05, 4.69) is 47.6 Å². The SMILES string of the molecule is COc1ccc(NC(=O)CSc2ccc(-c3cc(C)ccc3C)nn2)cc1. The number of amides is 1. The maximum absolute atomic E-state index is 12.1. The van der Waals surface area contributed by atoms with E-state index in [-0.39, 0.29) is 11.7 Å². The number of benzene rings is 2. The Bertz CT molecular complexity index is 925. The zero-order valence-corrected chi connectivity index (χ0v) is 16.3. The molecule has 0 aliphatic carbocycles. The average Bonchev–Trinajstić information content (AvgIpc) is 2.69. The molecule has 0 saturated heterocycles. The number of thioether (sulfide) groups is 1. The van der Waals surface area contributed by atoms with E-state index >= 15 is 0 Å². The summed E-state index contributed by atoms with van der Waals surface area (Å²) in [6.07, 6.45) is 0. The van der Waals surface area contributed by atoms with E-state index in [4.69, 9.17) is 4.74 Å². The van der Waals surface area contributed by atoms with Gasteiger partial charge in [-0.2, -0.15) is 0 Å². The van der Waals surface area contributed by atoms with Gasteiger partial charge in [0.05, 0.1) is 18.6 Å². The molecule has 0 radical (unpaired) electrons. The highest BCUT2D eigenvalue weighted by atomic mass is 32.2. The Morgan fingerprint density at radius 3 is 2.48 bits per heavy atom. The molecule has 0 saturated carbocycles. The van der Waals surface area contributed by atoms with Gasteiger partial charge in [0.2, 0.25) is 5.91 Å². The van der Waals surface area contributed by atoms with Crippen LogP contribution in [0, 0.1) is 13.8 Å². The minimum absolute atomic E-state index is 0.0921. The van der Waals surface area contributed by atoms with Crippen molar-refractivity contribution in [3.05, 3.63) is 65.7 Å². The van der Waals surface area contributed by atoms with Gasteiger partial charge >= 0.3 is 0 Å². The highest BCUT2D eigenvalue weighted by Gasteiger charge is 2.08. The van der Waals surface area contributed by atoms with Gasteiger partial charge in [-0.25, -0.2) is 0 Å². The minimum Gasteiger partial charge on any atom is -0.497 e. The van der Waals surface area contributed by atoms with Crippen LogP contribution in [0.25, 0.3) is 11.3 Å². The van der Waals surface area contributed by atoms with Gasteiger partial charge in [-0.3, -0.25) is 4.79 Å². The normalized spacial score (nSPS) is 10.5. The Morgan fingerprint density at radius 1 is 1.04 bits per heavy atom. The number of hydrogen-bond donors (Lipinski definition) is 1. The van der Waals surface area contributed by atoms with Crippen molar-refractivity contribution >= 4 is 23.4 Å². The average molecular weight is 379 g/mol. The topological polar surface area (TPSA) is 64.1 Å². The molecule has 6 heteroatoms. The zero-order valence-electron chi connectivity index (χ0n) is 15.5. The van der Waals surface area contributed by atoms with Crippen LogP contribution >= 0.6 is 11.8 Å². The van der Waals surface area contributed by atoms with Crippen molar-refractivity contribution in [1.82, 2.24) is 10.2 Å². The van der Waals surface area contributed by atoms with Crippen molar-refractivity contribution in [3.8, 4) is 17.0 Å². The summed E-state index contributed by atoms with van der Waals surface area (Å²) in [6.45, 7) is 4.12. The molecule has 0 atom stereocenters. The lowest BCUT2D eigenvalue weighted by molar-refractivity contribution is -0.113. The van der Waals surface area contributed by atoms with Gasteiger partial charge in [0.25, 0.3) is 0 Å². The Kier molecular flexibility index (Phi) is 6.08. The van der Waals surface area contributed by atoms with E-state index < -0.39 is 0 Å². The Balaban J connectivity index is 1.58. The first-order chi connectivity index (χ1) is 13.0. The van der Waals surface area contributed by atoms with Crippen molar-refractivity contribution in [1.29, 1.82) is 0 Å². The van der Waals surface area contributed by atoms with E-state index in [0.29, 0.717) is 5.03 Å². The number of anilines is 1. The zero-order chi connectivity index (χ0) is 19.2. The highest BCUT2D eigenvalue weighted by molar-refractivity contribution is 7.99. The summed E-state index contributed by atoms with van der Waals surface area (Å²) in [7, 11) is 1.61. The second-order valence-electron chi connectivity index (χ2n) is 6.14. The monoisotopic (exact) mass is 379 g/mol. The van der Waals surface area contributed by atoms with E-state index in [0.717, 1.165) is 28.3 Å². The summed E-state index contributed by atoms with van der Waals surface area (Å²) in [6, 6.07) is 17.3. The van der Waals surface area contributed by atoms with Crippen molar-refractivity contribution in [2.24, 2.45) is 0 Å². The number of hydrogen-bond acceptors (Lipinski definition) is 5. The Hall–Kier alpha value is -2.86. The third-order valence-corrected chi connectivity index (χ3v) is 4.95. The summed E-state index contributed by atoms with van der Waals surface area (Å²) in [4.78, 5) is 12.1. The van der Waals surface area contributed by atoms with Gasteiger partial charge in [0.15, 0.2) is 0 Å². The molecule has 5 nitrogen and oxygen atoms in total. The first-order valence-electron chi connectivity index (χ1n) is 8.53. The Morgan fingerprint density at radius 2 is 1.81 bits per heavy atom. The summed E-state index contributed by atoms with van der Waals surface area (Å²) >= 11 is 1.36. The van der Waals surface area contributed by atoms with Gasteiger partial charge in [-0.05, 0) is 61.9 Å². The van der Waals surface area contributed by atoms with E-state index in [1.54, 1.807) is 31.4 Å². The van der Waals surface area contributed by atoms with Crippen molar-refractivity contribution in [2.45, 2.75) is 18.9 Å². The van der Waals surface area contributed by atoms with Crippen LogP contribution in [-0.2, 0) is 4.79 Å². The van der Waals surface area contributed by atoms with Gasteiger partial charge in [0, 0.05) is 11.3 Å². The molecule has 2 aromatic carbocycles. The molecule has 3 rings (SSSR count). The predicted molar refractivity (Wildman–Crippen MR) is 109 cm³/mol. The molecular weight excluding hydrogens is 358 g/mol. The van der Waals surface area contributed by atoms with Crippen LogP contribution in [0.3, 0.4) is 0 Å². The molecule has 0 bridgehead atoms. The van der Waals surface area contributed by atoms with Crippen LogP contribution in [0.2, 0.25) is 0 Å². The number of aryl methyl sites for hydroxylation is 2. The van der Waals surface area contributed by atoms with Gasteiger partial charge in [0.1, 0.15) is 10.8 Å². The van der Waals surface area contributed by atoms with Crippen LogP contribution in [0.4, 0.5) is 5.69 Å². The fourth-order valence-corrected chi connectivity index (χ4v) is 3.18. The van der Waals surface area contributed by atoms with Crippen molar-refractivity contribution in [2.75, 3.05) is 18.2 Å². The standard InChI is InChI=1S/C21H21N3O2S/c1-14-4-5-15(2)18(12-14)19-10-11-21(24-23-19)27-13-20(25)22-16-6-8-17(26-3)9-7-16/h4-12H,13H2,1-3H3,(H,22,25). The van der Waals surface area contributed by atoms with E-state index in [9.17, 15) is 4.79 Å². The molecule has 0 spiro atoms. The van der Waals surface area contributed by atoms with Gasteiger partial charge in [-0.15, -0.1) is 10.2 Å². The lowest BCUT2D eigenvalue weighted by Gasteiger charge is -2.07. The highest BCUT2D eigenvalue weighted by Crippen LogP contribution is 2.24. The summed E-state index contributed by atoms with van der Waals surface area (Å²) < 4.78 is 5.10. The molecule has 1 aromatic heterocycles. The number of aromatic nitrogens is 2. The second-order valence-corrected chi connectivity index (χ2v) is 7.14. The number of nitrogens with zero attached hydrogens (tertiary/aromatic N) is 2. The molecule has 1 heterocycles. The summed E-state index contributed by atoms with van der Waals surface area (Å²) in [5.74, 6) is 0.927.